The molecule has 1 fully saturated rings. The third-order valence-corrected chi connectivity index (χ3v) is 6.06. The van der Waals surface area contributed by atoms with E-state index in [1.165, 1.54) is 23.5 Å². The lowest BCUT2D eigenvalue weighted by molar-refractivity contribution is -0.386. The van der Waals surface area contributed by atoms with Crippen LogP contribution in [0.4, 0.5) is 5.69 Å². The van der Waals surface area contributed by atoms with Crippen LogP contribution in [0.2, 0.25) is 0 Å². The number of hydrogen-bond donors (Lipinski definition) is 1. The van der Waals surface area contributed by atoms with Crippen molar-refractivity contribution in [3.8, 4) is 5.75 Å². The Bertz CT molecular complexity index is 686. The Morgan fingerprint density at radius 2 is 2.04 bits per heavy atom. The van der Waals surface area contributed by atoms with Crippen LogP contribution in [0.5, 0.6) is 5.75 Å². The Kier molecular flexibility index (Phi) is 6.14. The molecule has 0 aliphatic carbocycles. The quantitative estimate of drug-likeness (QED) is 0.589. The highest BCUT2D eigenvalue weighted by atomic mass is 32.2. The monoisotopic (exact) mass is 357 g/mol. The number of nitro benzene ring substituents is 1. The minimum atomic E-state index is -3.80. The van der Waals surface area contributed by atoms with Crippen LogP contribution in [0, 0.1) is 10.1 Å². The number of hydrogen-bond acceptors (Lipinski definition) is 6. The molecule has 0 unspecified atom stereocenters. The van der Waals surface area contributed by atoms with E-state index in [0.717, 1.165) is 32.0 Å². The molecule has 1 aromatic carbocycles. The number of sulfonamides is 1. The molecular formula is C15H23N3O5S. The number of nitrogens with one attached hydrogen (secondary N) is 1. The summed E-state index contributed by atoms with van der Waals surface area (Å²) < 4.78 is 32.5. The molecule has 24 heavy (non-hydrogen) atoms. The molecule has 1 heterocycles. The van der Waals surface area contributed by atoms with Gasteiger partial charge in [-0.2, -0.15) is 4.31 Å². The van der Waals surface area contributed by atoms with E-state index in [-0.39, 0.29) is 22.4 Å². The number of nitro groups is 1. The average Bonchev–Trinajstić information content (AvgIpc) is 2.59. The van der Waals surface area contributed by atoms with Crippen LogP contribution < -0.4 is 10.1 Å². The second-order valence-corrected chi connectivity index (χ2v) is 7.58. The molecule has 0 radical (unpaired) electrons. The van der Waals surface area contributed by atoms with Gasteiger partial charge in [0, 0.05) is 18.7 Å². The van der Waals surface area contributed by atoms with Crippen LogP contribution >= 0.6 is 0 Å². The second-order valence-electron chi connectivity index (χ2n) is 5.69. The standard InChI is InChI=1S/C15H23N3O5S/c1-3-10-17(12-6-8-16-9-7-12)24(21,22)13-4-5-15(23-2)14(11-13)18(19)20/h4-5,11-12,16H,3,6-10H2,1-2H3. The largest absolute Gasteiger partial charge is 0.490 e. The van der Waals surface area contributed by atoms with E-state index in [0.29, 0.717) is 13.0 Å². The molecule has 1 aliphatic heterocycles. The summed E-state index contributed by atoms with van der Waals surface area (Å²) in [5.74, 6) is 0.0443. The van der Waals surface area contributed by atoms with E-state index in [9.17, 15) is 18.5 Å². The Morgan fingerprint density at radius 3 is 2.58 bits per heavy atom. The predicted octanol–water partition coefficient (Wildman–Crippen LogP) is 1.76. The fraction of sp³-hybridized carbons (Fsp3) is 0.600. The molecular weight excluding hydrogens is 334 g/mol. The summed E-state index contributed by atoms with van der Waals surface area (Å²) in [5.41, 5.74) is -0.347. The molecule has 9 heteroatoms. The molecule has 0 spiro atoms. The van der Waals surface area contributed by atoms with Crippen LogP contribution in [-0.4, -0.2) is 50.4 Å². The van der Waals surface area contributed by atoms with Crippen molar-refractivity contribution in [3.63, 3.8) is 0 Å². The van der Waals surface area contributed by atoms with E-state index in [1.54, 1.807) is 0 Å². The zero-order valence-electron chi connectivity index (χ0n) is 13.9. The highest BCUT2D eigenvalue weighted by molar-refractivity contribution is 7.89. The molecule has 0 atom stereocenters. The number of piperidine rings is 1. The van der Waals surface area contributed by atoms with Crippen molar-refractivity contribution in [1.82, 2.24) is 9.62 Å². The summed E-state index contributed by atoms with van der Waals surface area (Å²) in [7, 11) is -2.48. The Hall–Kier alpha value is -1.71. The van der Waals surface area contributed by atoms with Crippen molar-refractivity contribution in [2.24, 2.45) is 0 Å². The minimum absolute atomic E-state index is 0.0443. The topological polar surface area (TPSA) is 102 Å². The summed E-state index contributed by atoms with van der Waals surface area (Å²) in [4.78, 5) is 10.5. The van der Waals surface area contributed by atoms with Crippen molar-refractivity contribution in [1.29, 1.82) is 0 Å². The molecule has 1 aliphatic rings. The maximum Gasteiger partial charge on any atom is 0.312 e. The molecule has 134 valence electrons. The van der Waals surface area contributed by atoms with Crippen LogP contribution in [-0.2, 0) is 10.0 Å². The zero-order chi connectivity index (χ0) is 17.7. The van der Waals surface area contributed by atoms with Gasteiger partial charge in [-0.1, -0.05) is 6.92 Å². The summed E-state index contributed by atoms with van der Waals surface area (Å²) >= 11 is 0. The molecule has 0 aromatic heterocycles. The van der Waals surface area contributed by atoms with E-state index >= 15 is 0 Å². The van der Waals surface area contributed by atoms with Crippen molar-refractivity contribution >= 4 is 15.7 Å². The number of ether oxygens (including phenoxy) is 1. The first-order valence-electron chi connectivity index (χ1n) is 7.96. The molecule has 1 N–H and O–H groups in total. The SMILES string of the molecule is CCCN(C1CCNCC1)S(=O)(=O)c1ccc(OC)c([N+](=O)[O-])c1. The predicted molar refractivity (Wildman–Crippen MR) is 89.7 cm³/mol. The highest BCUT2D eigenvalue weighted by Crippen LogP contribution is 2.31. The maximum atomic E-state index is 13.0. The second kappa shape index (κ2) is 7.91. The van der Waals surface area contributed by atoms with Crippen LogP contribution in [0.1, 0.15) is 26.2 Å². The Labute approximate surface area is 142 Å². The first-order chi connectivity index (χ1) is 11.4. The van der Waals surface area contributed by atoms with Gasteiger partial charge in [0.05, 0.1) is 16.9 Å². The van der Waals surface area contributed by atoms with E-state index in [1.807, 2.05) is 6.92 Å². The molecule has 1 aromatic rings. The van der Waals surface area contributed by atoms with E-state index in [4.69, 9.17) is 4.74 Å². The highest BCUT2D eigenvalue weighted by Gasteiger charge is 2.33. The minimum Gasteiger partial charge on any atom is -0.490 e. The molecule has 0 amide bonds. The fourth-order valence-corrected chi connectivity index (χ4v) is 4.72. The van der Waals surface area contributed by atoms with Gasteiger partial charge in [0.25, 0.3) is 0 Å². The molecule has 8 nitrogen and oxygen atoms in total. The first-order valence-corrected chi connectivity index (χ1v) is 9.40. The summed E-state index contributed by atoms with van der Waals surface area (Å²) in [5, 5.41) is 14.4. The summed E-state index contributed by atoms with van der Waals surface area (Å²) in [6.45, 7) is 3.85. The van der Waals surface area contributed by atoms with Crippen LogP contribution in [0.3, 0.4) is 0 Å². The van der Waals surface area contributed by atoms with Gasteiger partial charge in [0.2, 0.25) is 10.0 Å². The Morgan fingerprint density at radius 1 is 1.38 bits per heavy atom. The third-order valence-electron chi connectivity index (χ3n) is 4.11. The van der Waals surface area contributed by atoms with Crippen molar-refractivity contribution in [2.45, 2.75) is 37.1 Å². The van der Waals surface area contributed by atoms with Gasteiger partial charge < -0.3 is 10.1 Å². The molecule has 2 rings (SSSR count). The van der Waals surface area contributed by atoms with Crippen LogP contribution in [0.15, 0.2) is 23.1 Å². The van der Waals surface area contributed by atoms with Crippen LogP contribution in [0.25, 0.3) is 0 Å². The number of nitrogens with zero attached hydrogens (tertiary/aromatic N) is 2. The summed E-state index contributed by atoms with van der Waals surface area (Å²) in [6, 6.07) is 3.69. The molecule has 1 saturated heterocycles. The molecule has 0 bridgehead atoms. The lowest BCUT2D eigenvalue weighted by Gasteiger charge is -2.33. The first kappa shape index (κ1) is 18.6. The van der Waals surface area contributed by atoms with Gasteiger partial charge in [0.15, 0.2) is 5.75 Å². The number of rotatable bonds is 7. The van der Waals surface area contributed by atoms with E-state index < -0.39 is 14.9 Å². The third kappa shape index (κ3) is 3.85. The number of benzene rings is 1. The molecule has 0 saturated carbocycles. The van der Waals surface area contributed by atoms with Crippen molar-refractivity contribution < 1.29 is 18.1 Å². The number of methoxy groups -OCH3 is 1. The lowest BCUT2D eigenvalue weighted by Crippen LogP contribution is -2.46. The van der Waals surface area contributed by atoms with Gasteiger partial charge in [-0.15, -0.1) is 0 Å². The smallest absolute Gasteiger partial charge is 0.312 e. The normalized spacial score (nSPS) is 16.3. The summed E-state index contributed by atoms with van der Waals surface area (Å²) in [6.07, 6.45) is 2.15. The maximum absolute atomic E-state index is 13.0. The van der Waals surface area contributed by atoms with Gasteiger partial charge in [0.1, 0.15) is 0 Å². The van der Waals surface area contributed by atoms with Crippen molar-refractivity contribution in [3.05, 3.63) is 28.3 Å². The zero-order valence-corrected chi connectivity index (χ0v) is 14.7. The van der Waals surface area contributed by atoms with Gasteiger partial charge in [-0.25, -0.2) is 8.42 Å². The van der Waals surface area contributed by atoms with Gasteiger partial charge in [-0.05, 0) is 44.5 Å². The van der Waals surface area contributed by atoms with Gasteiger partial charge >= 0.3 is 5.69 Å². The van der Waals surface area contributed by atoms with Crippen molar-refractivity contribution in [2.75, 3.05) is 26.7 Å². The van der Waals surface area contributed by atoms with E-state index in [2.05, 4.69) is 5.32 Å². The average molecular weight is 357 g/mol. The Balaban J connectivity index is 2.42. The fourth-order valence-electron chi connectivity index (χ4n) is 2.92. The lowest BCUT2D eigenvalue weighted by atomic mass is 10.1. The van der Waals surface area contributed by atoms with Gasteiger partial charge in [-0.3, -0.25) is 10.1 Å².